The normalized spacial score (nSPS) is 14.0. The van der Waals surface area contributed by atoms with Crippen molar-refractivity contribution in [3.8, 4) is 11.1 Å². The fraction of sp³-hybridized carbons (Fsp3) is 0.562. The summed E-state index contributed by atoms with van der Waals surface area (Å²) in [6, 6.07) is 10.7. The molecule has 23 heteroatoms. The fourth-order valence-electron chi connectivity index (χ4n) is 9.51. The van der Waals surface area contributed by atoms with Gasteiger partial charge in [0.1, 0.15) is 41.0 Å². The molecular weight excluding hydrogens is 1140 g/mol. The summed E-state index contributed by atoms with van der Waals surface area (Å²) >= 11 is 1.21. The Labute approximate surface area is 514 Å². The molecule has 0 fully saturated rings. The molecule has 1 aromatic heterocycles. The van der Waals surface area contributed by atoms with Crippen molar-refractivity contribution < 1.29 is 66.2 Å². The smallest absolute Gasteiger partial charge is 0.329 e. The molecule has 0 aliphatic carbocycles. The van der Waals surface area contributed by atoms with E-state index in [1.165, 1.54) is 30.8 Å². The van der Waals surface area contributed by atoms with E-state index in [1.54, 1.807) is 72.6 Å². The standard InChI is InChI=1S/C64H90F2N8O12S/c1-41(2)57(71-51(76)22-17-14-18-33-73-53(78)26-27-54(73)79)60(83)69-42(3)59(82)68-31-19-34-74(58(62(4,5)6)49-36-44(46-37-45(65)23-24-47(46)66)39-72(49)38-43-20-15-13-16-21-43)55(80)40-87-35-30-50(75)67-32-29-52(77)70-48(61(84)86-64(10,11)12)25-28-56(81)85-63(7,8)9/h13,15-16,20-21,23-24,26-27,36-37,39,41-42,48,57-58H,14,17-19,22,25,28-35,38,40H2,1-12H3,(H,67,75)(H,68,82)(H,69,83)(H,70,77)(H,71,76)/t42-,48-,57-,58-/m0/s1. The van der Waals surface area contributed by atoms with Gasteiger partial charge in [-0.25, -0.2) is 13.6 Å². The number of nitrogens with one attached hydrogen (secondary N) is 5. The van der Waals surface area contributed by atoms with Crippen LogP contribution >= 0.6 is 11.8 Å². The van der Waals surface area contributed by atoms with Gasteiger partial charge in [-0.15, -0.1) is 0 Å². The van der Waals surface area contributed by atoms with Gasteiger partial charge in [0.2, 0.25) is 35.4 Å². The molecule has 0 bridgehead atoms. The van der Waals surface area contributed by atoms with Gasteiger partial charge in [0.05, 0.1) is 11.8 Å². The summed E-state index contributed by atoms with van der Waals surface area (Å²) < 4.78 is 43.0. The van der Waals surface area contributed by atoms with Gasteiger partial charge in [0.25, 0.3) is 11.8 Å². The minimum absolute atomic E-state index is 0.0146. The molecule has 87 heavy (non-hydrogen) atoms. The maximum atomic E-state index is 15.5. The Morgan fingerprint density at radius 3 is 1.97 bits per heavy atom. The Hall–Kier alpha value is -7.43. The summed E-state index contributed by atoms with van der Waals surface area (Å²) in [6.45, 7) is 21.8. The average molecular weight is 1230 g/mol. The van der Waals surface area contributed by atoms with Crippen LogP contribution in [0.4, 0.5) is 8.78 Å². The second-order valence-electron chi connectivity index (χ2n) is 25.1. The molecule has 0 radical (unpaired) electrons. The molecule has 20 nitrogen and oxygen atoms in total. The van der Waals surface area contributed by atoms with Crippen LogP contribution in [0.2, 0.25) is 0 Å². The highest BCUT2D eigenvalue weighted by atomic mass is 32.2. The summed E-state index contributed by atoms with van der Waals surface area (Å²) in [5.74, 6) is -6.16. The Bertz CT molecular complexity index is 2890. The number of imide groups is 1. The number of unbranched alkanes of at least 4 members (excludes halogenated alkanes) is 2. The zero-order valence-corrected chi connectivity index (χ0v) is 53.3. The largest absolute Gasteiger partial charge is 0.460 e. The number of ether oxygens (including phenoxy) is 2. The van der Waals surface area contributed by atoms with E-state index in [0.29, 0.717) is 37.1 Å². The van der Waals surface area contributed by atoms with Crippen LogP contribution in [0.3, 0.4) is 0 Å². The maximum absolute atomic E-state index is 15.5. The number of hydrogen-bond donors (Lipinski definition) is 5. The molecule has 0 spiro atoms. The van der Waals surface area contributed by atoms with Gasteiger partial charge in [-0.1, -0.05) is 71.4 Å². The summed E-state index contributed by atoms with van der Waals surface area (Å²) in [6.07, 6.45) is 5.66. The lowest BCUT2D eigenvalue weighted by molar-refractivity contribution is -0.160. The molecule has 4 rings (SSSR count). The highest BCUT2D eigenvalue weighted by Crippen LogP contribution is 2.41. The summed E-state index contributed by atoms with van der Waals surface area (Å²) in [5.41, 5.74) is -0.338. The van der Waals surface area contributed by atoms with Crippen LogP contribution in [0, 0.1) is 23.0 Å². The molecule has 0 saturated carbocycles. The summed E-state index contributed by atoms with van der Waals surface area (Å²) in [7, 11) is 0. The van der Waals surface area contributed by atoms with Crippen molar-refractivity contribution in [2.24, 2.45) is 11.3 Å². The zero-order chi connectivity index (χ0) is 64.8. The van der Waals surface area contributed by atoms with E-state index >= 15 is 4.39 Å². The predicted molar refractivity (Wildman–Crippen MR) is 328 cm³/mol. The number of esters is 2. The van der Waals surface area contributed by atoms with E-state index in [9.17, 15) is 52.3 Å². The molecule has 8 amide bonds. The molecule has 4 atom stereocenters. The SMILES string of the molecule is CC(C)[C@H](NC(=O)CCCCCN1C(=O)C=CC1=O)C(=O)N[C@@H](C)C(=O)NCCCN(C(=O)CSCCC(=O)NCCC(=O)N[C@@H](CCC(=O)OC(C)(C)C)C(=O)OC(C)(C)C)[C@@H](c1cc(-c2cc(F)ccc2F)cn1Cc1ccccc1)C(C)(C)C. The van der Waals surface area contributed by atoms with E-state index in [4.69, 9.17) is 9.47 Å². The topological polar surface area (TPSA) is 261 Å². The Morgan fingerprint density at radius 2 is 1.33 bits per heavy atom. The molecule has 0 unspecified atom stereocenters. The Kier molecular flexibility index (Phi) is 27.8. The monoisotopic (exact) mass is 1230 g/mol. The second-order valence-corrected chi connectivity index (χ2v) is 26.2. The highest BCUT2D eigenvalue weighted by molar-refractivity contribution is 7.99. The van der Waals surface area contributed by atoms with Gasteiger partial charge >= 0.3 is 11.9 Å². The van der Waals surface area contributed by atoms with E-state index in [1.807, 2.05) is 55.7 Å². The van der Waals surface area contributed by atoms with Crippen LogP contribution < -0.4 is 26.6 Å². The third kappa shape index (κ3) is 25.1. The van der Waals surface area contributed by atoms with Crippen LogP contribution in [0.15, 0.2) is 72.9 Å². The quantitative estimate of drug-likeness (QED) is 0.0224. The van der Waals surface area contributed by atoms with Crippen molar-refractivity contribution in [1.29, 1.82) is 0 Å². The minimum atomic E-state index is -1.14. The van der Waals surface area contributed by atoms with Gasteiger partial charge in [0.15, 0.2) is 0 Å². The third-order valence-corrected chi connectivity index (χ3v) is 14.6. The van der Waals surface area contributed by atoms with Gasteiger partial charge < -0.3 is 45.5 Å². The molecule has 2 aromatic carbocycles. The molecule has 5 N–H and O–H groups in total. The molecule has 3 aromatic rings. The van der Waals surface area contributed by atoms with Crippen molar-refractivity contribution in [1.82, 2.24) is 41.0 Å². The van der Waals surface area contributed by atoms with Gasteiger partial charge in [-0.05, 0) is 115 Å². The maximum Gasteiger partial charge on any atom is 0.329 e. The van der Waals surface area contributed by atoms with Gasteiger partial charge in [0, 0.05) is 99.3 Å². The molecular formula is C64H90F2N8O12S. The number of carbonyl (C=O) groups is 10. The number of hydrogen-bond acceptors (Lipinski definition) is 13. The van der Waals surface area contributed by atoms with Crippen molar-refractivity contribution in [2.45, 2.75) is 183 Å². The fourth-order valence-corrected chi connectivity index (χ4v) is 10.3. The lowest BCUT2D eigenvalue weighted by atomic mass is 9.83. The molecule has 2 heterocycles. The third-order valence-electron chi connectivity index (χ3n) is 13.6. The number of halogens is 2. The predicted octanol–water partition coefficient (Wildman–Crippen LogP) is 7.61. The van der Waals surface area contributed by atoms with Crippen molar-refractivity contribution in [2.75, 3.05) is 37.7 Å². The van der Waals surface area contributed by atoms with E-state index < -0.39 is 88.0 Å². The lowest BCUT2D eigenvalue weighted by Gasteiger charge is -2.41. The number of carbonyl (C=O) groups excluding carboxylic acids is 10. The second kappa shape index (κ2) is 33.6. The summed E-state index contributed by atoms with van der Waals surface area (Å²) in [4.78, 5) is 133. The van der Waals surface area contributed by atoms with E-state index in [0.717, 1.165) is 28.7 Å². The minimum Gasteiger partial charge on any atom is -0.460 e. The van der Waals surface area contributed by atoms with Crippen molar-refractivity contribution in [3.63, 3.8) is 0 Å². The van der Waals surface area contributed by atoms with Crippen LogP contribution in [0.5, 0.6) is 0 Å². The zero-order valence-electron chi connectivity index (χ0n) is 52.5. The number of benzene rings is 2. The molecule has 1 aliphatic rings. The average Bonchev–Trinajstić information content (AvgIpc) is 1.80. The van der Waals surface area contributed by atoms with Crippen LogP contribution in [-0.4, -0.2) is 141 Å². The van der Waals surface area contributed by atoms with Crippen LogP contribution in [0.1, 0.15) is 158 Å². The number of aromatic nitrogens is 1. The number of nitrogens with zero attached hydrogens (tertiary/aromatic N) is 3. The number of rotatable bonds is 33. The van der Waals surface area contributed by atoms with E-state index in [-0.39, 0.29) is 111 Å². The highest BCUT2D eigenvalue weighted by Gasteiger charge is 2.38. The van der Waals surface area contributed by atoms with Crippen LogP contribution in [-0.2, 0) is 64.0 Å². The first kappa shape index (κ1) is 72.0. The Morgan fingerprint density at radius 1 is 0.678 bits per heavy atom. The molecule has 1 aliphatic heterocycles. The van der Waals surface area contributed by atoms with Gasteiger partial charge in [-0.3, -0.25) is 48.1 Å². The first-order valence-corrected chi connectivity index (χ1v) is 30.9. The molecule has 478 valence electrons. The van der Waals surface area contributed by atoms with Crippen LogP contribution in [0.25, 0.3) is 11.1 Å². The van der Waals surface area contributed by atoms with E-state index in [2.05, 4.69) is 26.6 Å². The first-order valence-electron chi connectivity index (χ1n) is 29.7. The number of amides is 8. The summed E-state index contributed by atoms with van der Waals surface area (Å²) in [5, 5.41) is 13.7. The Balaban J connectivity index is 1.44. The van der Waals surface area contributed by atoms with Gasteiger partial charge in [-0.2, -0.15) is 11.8 Å². The van der Waals surface area contributed by atoms with Crippen molar-refractivity contribution in [3.05, 3.63) is 95.8 Å². The molecule has 0 saturated heterocycles. The lowest BCUT2D eigenvalue weighted by Crippen LogP contribution is -2.54. The number of thioether (sulfide) groups is 1. The first-order chi connectivity index (χ1) is 40.7. The van der Waals surface area contributed by atoms with Crippen molar-refractivity contribution >= 4 is 71.0 Å².